The summed E-state index contributed by atoms with van der Waals surface area (Å²) in [5.74, 6) is -0.135. The van der Waals surface area contributed by atoms with E-state index in [-0.39, 0.29) is 11.9 Å². The molecule has 1 amide bonds. The van der Waals surface area contributed by atoms with Crippen molar-refractivity contribution in [1.29, 1.82) is 0 Å². The summed E-state index contributed by atoms with van der Waals surface area (Å²) < 4.78 is 4.98. The second-order valence-electron chi connectivity index (χ2n) is 7.40. The van der Waals surface area contributed by atoms with Crippen LogP contribution in [0.15, 0.2) is 30.3 Å². The summed E-state index contributed by atoms with van der Waals surface area (Å²) in [5, 5.41) is 3.50. The van der Waals surface area contributed by atoms with Crippen LogP contribution in [0, 0.1) is 0 Å². The smallest absolute Gasteiger partial charge is 0.341 e. The molecule has 1 aromatic heterocycles. The van der Waals surface area contributed by atoms with Gasteiger partial charge in [0.25, 0.3) is 0 Å². The Morgan fingerprint density at radius 2 is 1.82 bits per heavy atom. The lowest BCUT2D eigenvalue weighted by Gasteiger charge is -2.06. The van der Waals surface area contributed by atoms with Gasteiger partial charge in [0.05, 0.1) is 12.7 Å². The zero-order valence-electron chi connectivity index (χ0n) is 16.7. The van der Waals surface area contributed by atoms with Crippen molar-refractivity contribution < 1.29 is 14.3 Å². The highest BCUT2D eigenvalue weighted by Crippen LogP contribution is 2.38. The molecule has 0 saturated carbocycles. The number of carbonyl (C=O) groups excluding carboxylic acids is 2. The van der Waals surface area contributed by atoms with Gasteiger partial charge in [-0.1, -0.05) is 44.5 Å². The van der Waals surface area contributed by atoms with Crippen LogP contribution in [-0.2, 0) is 22.4 Å². The minimum absolute atomic E-state index is 0.241. The fourth-order valence-electron chi connectivity index (χ4n) is 3.47. The van der Waals surface area contributed by atoms with Crippen molar-refractivity contribution in [3.63, 3.8) is 0 Å². The second-order valence-corrected chi connectivity index (χ2v) is 8.51. The molecule has 148 valence electrons. The topological polar surface area (TPSA) is 55.4 Å². The van der Waals surface area contributed by atoms with Gasteiger partial charge in [0, 0.05) is 11.0 Å². The Bertz CT molecular complexity index is 878. The molecule has 0 bridgehead atoms. The summed E-state index contributed by atoms with van der Waals surface area (Å²) in [6, 6.07) is 8.17. The summed E-state index contributed by atoms with van der Waals surface area (Å²) in [6.45, 7) is 4.31. The number of methoxy groups -OCH3 is 1. The fraction of sp³-hybridized carbons (Fsp3) is 0.391. The number of hydrogen-bond donors (Lipinski definition) is 1. The van der Waals surface area contributed by atoms with Crippen molar-refractivity contribution in [3.05, 3.63) is 57.5 Å². The van der Waals surface area contributed by atoms with E-state index < -0.39 is 0 Å². The van der Waals surface area contributed by atoms with Gasteiger partial charge in [-0.15, -0.1) is 11.3 Å². The molecule has 2 aromatic rings. The number of aryl methyl sites for hydroxylation is 1. The van der Waals surface area contributed by atoms with Crippen LogP contribution in [0.3, 0.4) is 0 Å². The number of anilines is 1. The van der Waals surface area contributed by atoms with E-state index >= 15 is 0 Å². The van der Waals surface area contributed by atoms with Gasteiger partial charge in [-0.05, 0) is 54.4 Å². The Labute approximate surface area is 170 Å². The van der Waals surface area contributed by atoms with Gasteiger partial charge in [0.2, 0.25) is 5.91 Å². The van der Waals surface area contributed by atoms with Crippen LogP contribution in [0.25, 0.3) is 6.08 Å². The number of thiophene rings is 1. The third-order valence-electron chi connectivity index (χ3n) is 5.08. The number of ether oxygens (including phenoxy) is 1. The van der Waals surface area contributed by atoms with Crippen molar-refractivity contribution in [2.75, 3.05) is 12.4 Å². The first-order chi connectivity index (χ1) is 13.5. The van der Waals surface area contributed by atoms with Gasteiger partial charge in [0.1, 0.15) is 5.00 Å². The number of nitrogens with one attached hydrogen (secondary N) is 1. The highest BCUT2D eigenvalue weighted by atomic mass is 32.1. The monoisotopic (exact) mass is 397 g/mol. The molecule has 1 aliphatic rings. The molecule has 1 aliphatic carbocycles. The first kappa shape index (κ1) is 20.3. The Hall–Kier alpha value is -2.40. The molecule has 0 spiro atoms. The highest BCUT2D eigenvalue weighted by Gasteiger charge is 2.25. The van der Waals surface area contributed by atoms with E-state index in [9.17, 15) is 9.59 Å². The molecule has 4 nitrogen and oxygen atoms in total. The lowest BCUT2D eigenvalue weighted by Crippen LogP contribution is -2.12. The van der Waals surface area contributed by atoms with Crippen molar-refractivity contribution in [3.8, 4) is 0 Å². The molecule has 1 heterocycles. The lowest BCUT2D eigenvalue weighted by atomic mass is 10.0. The molecule has 0 saturated heterocycles. The number of fused-ring (bicyclic) bond motifs is 1. The molecule has 0 atom stereocenters. The number of amides is 1. The number of benzene rings is 1. The Morgan fingerprint density at radius 3 is 2.50 bits per heavy atom. The lowest BCUT2D eigenvalue weighted by molar-refractivity contribution is -0.111. The van der Waals surface area contributed by atoms with E-state index in [1.54, 1.807) is 6.08 Å². The first-order valence-corrected chi connectivity index (χ1v) is 10.6. The molecule has 1 N–H and O–H groups in total. The minimum atomic E-state index is -0.372. The molecular formula is C23H27NO3S. The molecule has 1 aromatic carbocycles. The summed E-state index contributed by atoms with van der Waals surface area (Å²) in [4.78, 5) is 26.0. The third-order valence-corrected chi connectivity index (χ3v) is 6.29. The Kier molecular flexibility index (Phi) is 6.68. The maximum absolute atomic E-state index is 12.5. The summed E-state index contributed by atoms with van der Waals surface area (Å²) in [6.07, 6.45) is 8.47. The normalized spacial score (nSPS) is 14.0. The third kappa shape index (κ3) is 4.71. The van der Waals surface area contributed by atoms with Gasteiger partial charge in [0.15, 0.2) is 0 Å². The molecule has 0 radical (unpaired) electrons. The van der Waals surface area contributed by atoms with Crippen LogP contribution in [0.4, 0.5) is 5.00 Å². The largest absolute Gasteiger partial charge is 0.465 e. The Morgan fingerprint density at radius 1 is 1.11 bits per heavy atom. The molecular weight excluding hydrogens is 370 g/mol. The van der Waals surface area contributed by atoms with Crippen molar-refractivity contribution >= 4 is 34.3 Å². The maximum atomic E-state index is 12.5. The van der Waals surface area contributed by atoms with E-state index in [0.29, 0.717) is 16.5 Å². The zero-order valence-corrected chi connectivity index (χ0v) is 17.5. The average molecular weight is 398 g/mol. The predicted molar refractivity (Wildman–Crippen MR) is 115 cm³/mol. The van der Waals surface area contributed by atoms with E-state index in [1.165, 1.54) is 41.4 Å². The van der Waals surface area contributed by atoms with Crippen LogP contribution in [0.5, 0.6) is 0 Å². The first-order valence-electron chi connectivity index (χ1n) is 9.81. The molecule has 5 heteroatoms. The van der Waals surface area contributed by atoms with Crippen LogP contribution in [-0.4, -0.2) is 19.0 Å². The van der Waals surface area contributed by atoms with Gasteiger partial charge in [-0.3, -0.25) is 4.79 Å². The zero-order chi connectivity index (χ0) is 20.1. The van der Waals surface area contributed by atoms with Gasteiger partial charge >= 0.3 is 5.97 Å². The van der Waals surface area contributed by atoms with E-state index in [4.69, 9.17) is 4.74 Å². The molecule has 0 unspecified atom stereocenters. The number of carbonyl (C=O) groups is 2. The average Bonchev–Trinajstić information content (AvgIpc) is 2.86. The van der Waals surface area contributed by atoms with Crippen LogP contribution >= 0.6 is 11.3 Å². The van der Waals surface area contributed by atoms with E-state index in [0.717, 1.165) is 36.8 Å². The van der Waals surface area contributed by atoms with Gasteiger partial charge < -0.3 is 10.1 Å². The van der Waals surface area contributed by atoms with E-state index in [2.05, 4.69) is 31.3 Å². The summed E-state index contributed by atoms with van der Waals surface area (Å²) >= 11 is 1.51. The van der Waals surface area contributed by atoms with Crippen LogP contribution in [0.1, 0.15) is 71.0 Å². The fourth-order valence-corrected chi connectivity index (χ4v) is 4.75. The van der Waals surface area contributed by atoms with Crippen molar-refractivity contribution in [2.24, 2.45) is 0 Å². The molecule has 28 heavy (non-hydrogen) atoms. The SMILES string of the molecule is COC(=O)c1c(NC(=O)/C=C/c2ccc(C(C)C)cc2)sc2c1CCCCC2. The van der Waals surface area contributed by atoms with E-state index in [1.807, 2.05) is 12.1 Å². The molecule has 0 aliphatic heterocycles. The van der Waals surface area contributed by atoms with Gasteiger partial charge in [-0.2, -0.15) is 0 Å². The summed E-state index contributed by atoms with van der Waals surface area (Å²) in [5.41, 5.74) is 3.82. The Balaban J connectivity index is 1.77. The number of rotatable bonds is 5. The van der Waals surface area contributed by atoms with Crippen LogP contribution in [0.2, 0.25) is 0 Å². The summed E-state index contributed by atoms with van der Waals surface area (Å²) in [7, 11) is 1.38. The molecule has 3 rings (SSSR count). The molecule has 0 fully saturated rings. The highest BCUT2D eigenvalue weighted by molar-refractivity contribution is 7.17. The van der Waals surface area contributed by atoms with Crippen LogP contribution < -0.4 is 5.32 Å². The predicted octanol–water partition coefficient (Wildman–Crippen LogP) is 5.58. The standard InChI is InChI=1S/C23H27NO3S/c1-15(2)17-12-9-16(10-13-17)11-14-20(25)24-22-21(23(26)27-3)18-7-5-4-6-8-19(18)28-22/h9-15H,4-8H2,1-3H3,(H,24,25)/b14-11+. The number of hydrogen-bond acceptors (Lipinski definition) is 4. The maximum Gasteiger partial charge on any atom is 0.341 e. The second kappa shape index (κ2) is 9.20. The minimum Gasteiger partial charge on any atom is -0.465 e. The van der Waals surface area contributed by atoms with Gasteiger partial charge in [-0.25, -0.2) is 4.79 Å². The quantitative estimate of drug-likeness (QED) is 0.407. The number of esters is 1. The van der Waals surface area contributed by atoms with Crippen molar-refractivity contribution in [1.82, 2.24) is 0 Å². The van der Waals surface area contributed by atoms with Crippen molar-refractivity contribution in [2.45, 2.75) is 51.9 Å².